The molecule has 5 atom stereocenters. The molecule has 1 rings (SSSR count). The summed E-state index contributed by atoms with van der Waals surface area (Å²) in [5.74, 6) is -2.66. The molecular formula is C26H43N7O5S. The van der Waals surface area contributed by atoms with Crippen molar-refractivity contribution in [2.24, 2.45) is 28.1 Å². The van der Waals surface area contributed by atoms with Gasteiger partial charge < -0.3 is 38.3 Å². The van der Waals surface area contributed by atoms with Gasteiger partial charge in [0.2, 0.25) is 17.7 Å². The highest BCUT2D eigenvalue weighted by Crippen LogP contribution is 2.11. The van der Waals surface area contributed by atoms with Gasteiger partial charge in [0, 0.05) is 6.54 Å². The van der Waals surface area contributed by atoms with Crippen LogP contribution in [0.5, 0.6) is 0 Å². The highest BCUT2D eigenvalue weighted by atomic mass is 32.2. The number of hydrogen-bond donors (Lipinski definition) is 7. The first-order valence-corrected chi connectivity index (χ1v) is 14.4. The van der Waals surface area contributed by atoms with Gasteiger partial charge in [-0.1, -0.05) is 50.6 Å². The van der Waals surface area contributed by atoms with Gasteiger partial charge in [-0.25, -0.2) is 4.79 Å². The fourth-order valence-corrected chi connectivity index (χ4v) is 4.19. The Balaban J connectivity index is 2.93. The molecule has 0 aromatic heterocycles. The maximum atomic E-state index is 13.3. The van der Waals surface area contributed by atoms with E-state index in [9.17, 15) is 24.3 Å². The molecule has 10 N–H and O–H groups in total. The summed E-state index contributed by atoms with van der Waals surface area (Å²) in [6.07, 6.45) is 3.50. The fraction of sp³-hybridized carbons (Fsp3) is 0.577. The summed E-state index contributed by atoms with van der Waals surface area (Å²) in [5.41, 5.74) is 17.6. The molecule has 12 nitrogen and oxygen atoms in total. The third-order valence-electron chi connectivity index (χ3n) is 6.23. The molecule has 0 aliphatic rings. The number of guanidine groups is 1. The van der Waals surface area contributed by atoms with Crippen LogP contribution in [0.3, 0.4) is 0 Å². The minimum absolute atomic E-state index is 0.102. The molecule has 0 spiro atoms. The molecule has 3 amide bonds. The second-order valence-corrected chi connectivity index (χ2v) is 10.3. The van der Waals surface area contributed by atoms with Crippen LogP contribution in [0.4, 0.5) is 0 Å². The predicted molar refractivity (Wildman–Crippen MR) is 154 cm³/mol. The molecule has 0 fully saturated rings. The molecule has 218 valence electrons. The lowest BCUT2D eigenvalue weighted by atomic mass is 9.97. The standard InChI is InChI=1S/C26H43N7O5S/c1-4-16(2)21(24(36)32-20(25(37)38)11-8-13-30-26(28)29)33-23(35)19(12-14-39-3)31-22(34)18(27)15-17-9-6-5-7-10-17/h5-7,9-10,16,18-21H,4,8,11-15,27H2,1-3H3,(H,31,34)(H,32,36)(H,33,35)(H,37,38)(H4,28,29,30). The van der Waals surface area contributed by atoms with Crippen LogP contribution in [-0.4, -0.2) is 77.5 Å². The second kappa shape index (κ2) is 18.1. The van der Waals surface area contributed by atoms with Crippen molar-refractivity contribution in [1.29, 1.82) is 0 Å². The molecule has 5 unspecified atom stereocenters. The van der Waals surface area contributed by atoms with Gasteiger partial charge in [-0.15, -0.1) is 0 Å². The zero-order chi connectivity index (χ0) is 29.4. The topological polar surface area (TPSA) is 215 Å². The Hall–Kier alpha value is -3.32. The number of aliphatic imine (C=N–C) groups is 1. The Morgan fingerprint density at radius 3 is 2.18 bits per heavy atom. The predicted octanol–water partition coefficient (Wildman–Crippen LogP) is -0.0518. The first kappa shape index (κ1) is 33.7. The van der Waals surface area contributed by atoms with Gasteiger partial charge in [-0.05, 0) is 49.2 Å². The smallest absolute Gasteiger partial charge is 0.326 e. The summed E-state index contributed by atoms with van der Waals surface area (Å²) in [7, 11) is 0. The summed E-state index contributed by atoms with van der Waals surface area (Å²) < 4.78 is 0. The largest absolute Gasteiger partial charge is 0.480 e. The number of carbonyl (C=O) groups is 4. The molecule has 39 heavy (non-hydrogen) atoms. The Bertz CT molecular complexity index is 959. The molecule has 0 radical (unpaired) electrons. The number of nitrogens with zero attached hydrogens (tertiary/aromatic N) is 1. The number of aliphatic carboxylic acids is 1. The number of benzene rings is 1. The van der Waals surface area contributed by atoms with E-state index in [1.165, 1.54) is 11.8 Å². The number of carboxylic acid groups (broad SMARTS) is 1. The van der Waals surface area contributed by atoms with Gasteiger partial charge in [-0.2, -0.15) is 11.8 Å². The lowest BCUT2D eigenvalue weighted by Gasteiger charge is -2.28. The van der Waals surface area contributed by atoms with Crippen LogP contribution in [0.2, 0.25) is 0 Å². The van der Waals surface area contributed by atoms with Gasteiger partial charge in [0.25, 0.3) is 0 Å². The first-order valence-electron chi connectivity index (χ1n) is 13.0. The molecule has 0 aliphatic carbocycles. The monoisotopic (exact) mass is 565 g/mol. The average Bonchev–Trinajstić information content (AvgIpc) is 2.90. The van der Waals surface area contributed by atoms with Crippen LogP contribution < -0.4 is 33.2 Å². The number of nitrogens with two attached hydrogens (primary N) is 3. The Morgan fingerprint density at radius 1 is 0.974 bits per heavy atom. The number of carboxylic acids is 1. The summed E-state index contributed by atoms with van der Waals surface area (Å²) in [6, 6.07) is 5.35. The molecule has 0 bridgehead atoms. The van der Waals surface area contributed by atoms with Crippen molar-refractivity contribution in [2.45, 2.75) is 70.1 Å². The van der Waals surface area contributed by atoms with Gasteiger partial charge >= 0.3 is 5.97 Å². The van der Waals surface area contributed by atoms with Crippen molar-refractivity contribution in [3.8, 4) is 0 Å². The highest BCUT2D eigenvalue weighted by Gasteiger charge is 2.32. The molecule has 0 heterocycles. The zero-order valence-corrected chi connectivity index (χ0v) is 23.7. The van der Waals surface area contributed by atoms with Gasteiger partial charge in [0.1, 0.15) is 18.1 Å². The van der Waals surface area contributed by atoms with Gasteiger partial charge in [0.15, 0.2) is 5.96 Å². The van der Waals surface area contributed by atoms with E-state index in [0.29, 0.717) is 31.4 Å². The molecule has 1 aromatic carbocycles. The SMILES string of the molecule is CCC(C)C(NC(=O)C(CCSC)NC(=O)C(N)Cc1ccccc1)C(=O)NC(CCCN=C(N)N)C(=O)O. The number of hydrogen-bond acceptors (Lipinski definition) is 7. The molecule has 13 heteroatoms. The number of nitrogens with one attached hydrogen (secondary N) is 3. The van der Waals surface area contributed by atoms with Crippen molar-refractivity contribution < 1.29 is 24.3 Å². The number of amides is 3. The van der Waals surface area contributed by atoms with Crippen LogP contribution in [0.15, 0.2) is 35.3 Å². The summed E-state index contributed by atoms with van der Waals surface area (Å²) in [5, 5.41) is 17.6. The number of rotatable bonds is 18. The van der Waals surface area contributed by atoms with Crippen molar-refractivity contribution in [3.63, 3.8) is 0 Å². The Kier molecular flexibility index (Phi) is 15.6. The average molecular weight is 566 g/mol. The maximum absolute atomic E-state index is 13.3. The van der Waals surface area contributed by atoms with E-state index < -0.39 is 47.9 Å². The zero-order valence-electron chi connectivity index (χ0n) is 22.9. The van der Waals surface area contributed by atoms with Crippen molar-refractivity contribution >= 4 is 41.4 Å². The van der Waals surface area contributed by atoms with Crippen LogP contribution in [0.25, 0.3) is 0 Å². The Morgan fingerprint density at radius 2 is 1.62 bits per heavy atom. The minimum atomic E-state index is -1.21. The third kappa shape index (κ3) is 12.9. The second-order valence-electron chi connectivity index (χ2n) is 9.36. The van der Waals surface area contributed by atoms with Gasteiger partial charge in [-0.3, -0.25) is 19.4 Å². The quantitative estimate of drug-likeness (QED) is 0.0720. The summed E-state index contributed by atoms with van der Waals surface area (Å²) >= 11 is 1.51. The lowest BCUT2D eigenvalue weighted by molar-refractivity contribution is -0.143. The van der Waals surface area contributed by atoms with Crippen LogP contribution in [0.1, 0.15) is 45.1 Å². The van der Waals surface area contributed by atoms with Crippen LogP contribution >= 0.6 is 11.8 Å². The van der Waals surface area contributed by atoms with E-state index in [1.54, 1.807) is 6.92 Å². The summed E-state index contributed by atoms with van der Waals surface area (Å²) in [4.78, 5) is 54.8. The van der Waals surface area contributed by atoms with Gasteiger partial charge in [0.05, 0.1) is 6.04 Å². The van der Waals surface area contributed by atoms with Crippen LogP contribution in [-0.2, 0) is 25.6 Å². The van der Waals surface area contributed by atoms with E-state index >= 15 is 0 Å². The van der Waals surface area contributed by atoms with E-state index in [0.717, 1.165) is 5.56 Å². The van der Waals surface area contributed by atoms with Crippen LogP contribution in [0, 0.1) is 5.92 Å². The molecule has 0 saturated carbocycles. The van der Waals surface area contributed by atoms with Crippen molar-refractivity contribution in [2.75, 3.05) is 18.6 Å². The molecule has 0 aliphatic heterocycles. The first-order chi connectivity index (χ1) is 18.5. The van der Waals surface area contributed by atoms with E-state index in [2.05, 4.69) is 20.9 Å². The highest BCUT2D eigenvalue weighted by molar-refractivity contribution is 7.98. The Labute approximate surface area is 234 Å². The normalized spacial score (nSPS) is 14.7. The van der Waals surface area contributed by atoms with E-state index in [4.69, 9.17) is 17.2 Å². The van der Waals surface area contributed by atoms with Crippen molar-refractivity contribution in [1.82, 2.24) is 16.0 Å². The number of carbonyl (C=O) groups excluding carboxylic acids is 3. The molecular weight excluding hydrogens is 522 g/mol. The lowest BCUT2D eigenvalue weighted by Crippen LogP contribution is -2.58. The molecule has 1 aromatic rings. The van der Waals surface area contributed by atoms with E-state index in [-0.39, 0.29) is 24.8 Å². The van der Waals surface area contributed by atoms with Crippen molar-refractivity contribution in [3.05, 3.63) is 35.9 Å². The number of thioether (sulfide) groups is 1. The maximum Gasteiger partial charge on any atom is 0.326 e. The molecule has 0 saturated heterocycles. The van der Waals surface area contributed by atoms with E-state index in [1.807, 2.05) is 43.5 Å². The fourth-order valence-electron chi connectivity index (χ4n) is 3.72. The third-order valence-corrected chi connectivity index (χ3v) is 6.88. The minimum Gasteiger partial charge on any atom is -0.480 e. The summed E-state index contributed by atoms with van der Waals surface area (Å²) in [6.45, 7) is 3.86.